The molecule has 3 aromatic rings. The Morgan fingerprint density at radius 3 is 2.61 bits per heavy atom. The second kappa shape index (κ2) is 8.89. The highest BCUT2D eigenvalue weighted by atomic mass is 35.5. The molecule has 0 amide bonds. The third kappa shape index (κ3) is 4.58. The number of carbonyl (C=O) groups is 1. The molecule has 0 spiro atoms. The molecular weight excluding hydrogens is 380 g/mol. The third-order valence-corrected chi connectivity index (χ3v) is 4.22. The van der Waals surface area contributed by atoms with Crippen LogP contribution in [0.2, 0.25) is 5.02 Å². The number of nitrogens with zero attached hydrogens (tertiary/aromatic N) is 2. The van der Waals surface area contributed by atoms with E-state index in [-0.39, 0.29) is 28.5 Å². The minimum absolute atomic E-state index is 0.0591. The van der Waals surface area contributed by atoms with Gasteiger partial charge in [-0.1, -0.05) is 29.8 Å². The van der Waals surface area contributed by atoms with Crippen LogP contribution in [0.3, 0.4) is 0 Å². The molecule has 28 heavy (non-hydrogen) atoms. The van der Waals surface area contributed by atoms with Gasteiger partial charge in [-0.3, -0.25) is 4.98 Å². The highest BCUT2D eigenvalue weighted by molar-refractivity contribution is 6.31. The normalized spacial score (nSPS) is 11.3. The summed E-state index contributed by atoms with van der Waals surface area (Å²) in [4.78, 5) is 15.6. The molecule has 0 fully saturated rings. The van der Waals surface area contributed by atoms with Crippen molar-refractivity contribution in [2.45, 2.75) is 12.7 Å². The molecule has 1 aromatic heterocycles. The molecular formula is C21H14ClN2O4-. The van der Waals surface area contributed by atoms with Crippen LogP contribution in [0.15, 0.2) is 67.0 Å². The summed E-state index contributed by atoms with van der Waals surface area (Å²) in [5, 5.41) is 21.2. The number of hydrogen-bond acceptors (Lipinski definition) is 6. The van der Waals surface area contributed by atoms with Gasteiger partial charge >= 0.3 is 0 Å². The highest BCUT2D eigenvalue weighted by Gasteiger charge is 2.20. The van der Waals surface area contributed by atoms with Gasteiger partial charge < -0.3 is 19.4 Å². The number of pyridine rings is 1. The Bertz CT molecular complexity index is 1020. The SMILES string of the molecule is N#Cc1ccc(OCc2ccncc2)cc1OC(C(=O)[O-])c1ccccc1Cl. The van der Waals surface area contributed by atoms with Gasteiger partial charge in [0.2, 0.25) is 0 Å². The lowest BCUT2D eigenvalue weighted by atomic mass is 10.1. The van der Waals surface area contributed by atoms with Crippen LogP contribution in [0.4, 0.5) is 0 Å². The maximum Gasteiger partial charge on any atom is 0.165 e. The quantitative estimate of drug-likeness (QED) is 0.612. The number of carboxylic acids is 1. The lowest BCUT2D eigenvalue weighted by molar-refractivity contribution is -0.314. The average Bonchev–Trinajstić information content (AvgIpc) is 2.72. The Balaban J connectivity index is 1.86. The third-order valence-electron chi connectivity index (χ3n) is 3.87. The molecule has 0 saturated carbocycles. The van der Waals surface area contributed by atoms with E-state index in [1.165, 1.54) is 18.2 Å². The van der Waals surface area contributed by atoms with Gasteiger partial charge in [-0.15, -0.1) is 0 Å². The number of ether oxygens (including phenoxy) is 2. The summed E-state index contributed by atoms with van der Waals surface area (Å²) >= 11 is 6.09. The first-order valence-electron chi connectivity index (χ1n) is 8.26. The fraction of sp³-hybridized carbons (Fsp3) is 0.0952. The van der Waals surface area contributed by atoms with Crippen molar-refractivity contribution in [3.05, 3.63) is 88.7 Å². The van der Waals surface area contributed by atoms with E-state index in [4.69, 9.17) is 21.1 Å². The molecule has 1 unspecified atom stereocenters. The van der Waals surface area contributed by atoms with Crippen LogP contribution in [0.1, 0.15) is 22.8 Å². The number of carbonyl (C=O) groups excluding carboxylic acids is 1. The Labute approximate surface area is 166 Å². The van der Waals surface area contributed by atoms with Crippen LogP contribution in [0.5, 0.6) is 11.5 Å². The highest BCUT2D eigenvalue weighted by Crippen LogP contribution is 2.31. The van der Waals surface area contributed by atoms with Gasteiger partial charge in [-0.2, -0.15) is 5.26 Å². The fourth-order valence-electron chi connectivity index (χ4n) is 2.48. The van der Waals surface area contributed by atoms with E-state index in [9.17, 15) is 15.2 Å². The number of carboxylic acid groups (broad SMARTS) is 1. The van der Waals surface area contributed by atoms with Gasteiger partial charge in [0.1, 0.15) is 24.2 Å². The smallest absolute Gasteiger partial charge is 0.165 e. The summed E-state index contributed by atoms with van der Waals surface area (Å²) in [7, 11) is 0. The fourth-order valence-corrected chi connectivity index (χ4v) is 2.72. The predicted octanol–water partition coefficient (Wildman–Crippen LogP) is 3.06. The molecule has 0 radical (unpaired) electrons. The first-order chi connectivity index (χ1) is 13.6. The van der Waals surface area contributed by atoms with Crippen molar-refractivity contribution in [2.24, 2.45) is 0 Å². The first kappa shape index (κ1) is 19.2. The van der Waals surface area contributed by atoms with Crippen LogP contribution < -0.4 is 14.6 Å². The Morgan fingerprint density at radius 2 is 1.93 bits per heavy atom. The van der Waals surface area contributed by atoms with E-state index in [2.05, 4.69) is 4.98 Å². The van der Waals surface area contributed by atoms with E-state index in [0.717, 1.165) is 5.56 Å². The Hall–Kier alpha value is -3.56. The monoisotopic (exact) mass is 393 g/mol. The van der Waals surface area contributed by atoms with Crippen molar-refractivity contribution in [1.82, 2.24) is 4.98 Å². The molecule has 7 heteroatoms. The largest absolute Gasteiger partial charge is 0.546 e. The lowest BCUT2D eigenvalue weighted by Crippen LogP contribution is -2.33. The van der Waals surface area contributed by atoms with Gasteiger partial charge in [0.05, 0.1) is 11.5 Å². The topological polar surface area (TPSA) is 95.3 Å². The van der Waals surface area contributed by atoms with E-state index in [1.807, 2.05) is 18.2 Å². The predicted molar refractivity (Wildman–Crippen MR) is 99.6 cm³/mol. The molecule has 1 heterocycles. The Kier molecular flexibility index (Phi) is 6.10. The molecule has 1 atom stereocenters. The van der Waals surface area contributed by atoms with Crippen molar-refractivity contribution in [3.8, 4) is 17.6 Å². The standard InChI is InChI=1S/C21H15ClN2O4/c22-18-4-2-1-3-17(18)20(21(25)26)28-19-11-16(6-5-15(19)12-23)27-13-14-7-9-24-10-8-14/h1-11,20H,13H2,(H,25,26)/p-1. The van der Waals surface area contributed by atoms with Crippen molar-refractivity contribution in [2.75, 3.05) is 0 Å². The van der Waals surface area contributed by atoms with Gasteiger partial charge in [-0.25, -0.2) is 0 Å². The van der Waals surface area contributed by atoms with Crippen molar-refractivity contribution in [1.29, 1.82) is 5.26 Å². The summed E-state index contributed by atoms with van der Waals surface area (Å²) in [6.07, 6.45) is 1.83. The van der Waals surface area contributed by atoms with Crippen molar-refractivity contribution < 1.29 is 19.4 Å². The second-order valence-corrected chi connectivity index (χ2v) is 6.16. The van der Waals surface area contributed by atoms with Crippen LogP contribution in [-0.2, 0) is 11.4 Å². The number of benzene rings is 2. The summed E-state index contributed by atoms with van der Waals surface area (Å²) in [6.45, 7) is 0.280. The zero-order chi connectivity index (χ0) is 19.9. The number of nitriles is 1. The zero-order valence-electron chi connectivity index (χ0n) is 14.5. The maximum absolute atomic E-state index is 11.6. The number of rotatable bonds is 7. The van der Waals surface area contributed by atoms with E-state index >= 15 is 0 Å². The Morgan fingerprint density at radius 1 is 1.18 bits per heavy atom. The number of halogens is 1. The van der Waals surface area contributed by atoms with Crippen LogP contribution in [0.25, 0.3) is 0 Å². The number of hydrogen-bond donors (Lipinski definition) is 0. The van der Waals surface area contributed by atoms with Gasteiger partial charge in [-0.05, 0) is 35.9 Å². The average molecular weight is 394 g/mol. The minimum Gasteiger partial charge on any atom is -0.546 e. The molecule has 0 N–H and O–H groups in total. The van der Waals surface area contributed by atoms with Crippen molar-refractivity contribution >= 4 is 17.6 Å². The van der Waals surface area contributed by atoms with Crippen LogP contribution in [-0.4, -0.2) is 11.0 Å². The van der Waals surface area contributed by atoms with Crippen molar-refractivity contribution in [3.63, 3.8) is 0 Å². The van der Waals surface area contributed by atoms with Crippen LogP contribution >= 0.6 is 11.6 Å². The van der Waals surface area contributed by atoms with E-state index in [0.29, 0.717) is 5.75 Å². The molecule has 0 aliphatic heterocycles. The first-order valence-corrected chi connectivity index (χ1v) is 8.64. The summed E-state index contributed by atoms with van der Waals surface area (Å²) in [5.41, 5.74) is 1.30. The molecule has 2 aromatic carbocycles. The van der Waals surface area contributed by atoms with Gasteiger partial charge in [0.25, 0.3) is 0 Å². The van der Waals surface area contributed by atoms with Crippen LogP contribution in [0, 0.1) is 11.3 Å². The molecule has 140 valence electrons. The summed E-state index contributed by atoms with van der Waals surface area (Å²) in [5.74, 6) is -0.994. The maximum atomic E-state index is 11.6. The number of aliphatic carboxylic acids is 1. The van der Waals surface area contributed by atoms with E-state index < -0.39 is 12.1 Å². The second-order valence-electron chi connectivity index (χ2n) is 5.75. The molecule has 0 saturated heterocycles. The molecule has 0 bridgehead atoms. The molecule has 0 aliphatic carbocycles. The lowest BCUT2D eigenvalue weighted by Gasteiger charge is -2.22. The van der Waals surface area contributed by atoms with Gasteiger partial charge in [0, 0.05) is 29.0 Å². The zero-order valence-corrected chi connectivity index (χ0v) is 15.3. The summed E-state index contributed by atoms with van der Waals surface area (Å²) in [6, 6.07) is 16.5. The molecule has 0 aliphatic rings. The van der Waals surface area contributed by atoms with E-state index in [1.54, 1.807) is 36.7 Å². The van der Waals surface area contributed by atoms with Gasteiger partial charge in [0.15, 0.2) is 6.10 Å². The summed E-state index contributed by atoms with van der Waals surface area (Å²) < 4.78 is 11.3. The number of aromatic nitrogens is 1. The molecule has 3 rings (SSSR count). The minimum atomic E-state index is -1.48. The molecule has 6 nitrogen and oxygen atoms in total.